The second-order valence-electron chi connectivity index (χ2n) is 10.0. The molecule has 0 amide bonds. The van der Waals surface area contributed by atoms with E-state index in [4.69, 9.17) is 0 Å². The first-order valence-corrected chi connectivity index (χ1v) is 13.6. The molecular formula is C26H37NO2Si. The van der Waals surface area contributed by atoms with Gasteiger partial charge in [-0.2, -0.15) is 0 Å². The summed E-state index contributed by atoms with van der Waals surface area (Å²) >= 11 is 0. The molecule has 3 atom stereocenters. The molecule has 162 valence electrons. The molecular weight excluding hydrogens is 386 g/mol. The summed E-state index contributed by atoms with van der Waals surface area (Å²) in [7, 11) is -3.00. The SMILES string of the molecule is CC(C)(C[C@@H]1CCC[C@@H](O)[C@@H]1N1CCCC1)[Si](O)(c1ccccc1)c1ccccc1. The van der Waals surface area contributed by atoms with Crippen LogP contribution in [0.2, 0.25) is 5.04 Å². The molecule has 4 rings (SSSR count). The van der Waals surface area contributed by atoms with E-state index in [1.807, 2.05) is 36.4 Å². The fraction of sp³-hybridized carbons (Fsp3) is 0.538. The first-order chi connectivity index (χ1) is 14.4. The molecule has 2 fully saturated rings. The fourth-order valence-electron chi connectivity index (χ4n) is 6.16. The smallest absolute Gasteiger partial charge is 0.258 e. The Morgan fingerprint density at radius 2 is 1.40 bits per heavy atom. The summed E-state index contributed by atoms with van der Waals surface area (Å²) in [6.07, 6.45) is 6.34. The third kappa shape index (κ3) is 4.03. The number of hydrogen-bond acceptors (Lipinski definition) is 3. The molecule has 30 heavy (non-hydrogen) atoms. The minimum atomic E-state index is -3.00. The van der Waals surface area contributed by atoms with Crippen LogP contribution >= 0.6 is 0 Å². The van der Waals surface area contributed by atoms with Crippen molar-refractivity contribution in [2.75, 3.05) is 13.1 Å². The van der Waals surface area contributed by atoms with Crippen LogP contribution in [0.4, 0.5) is 0 Å². The molecule has 0 aromatic heterocycles. The van der Waals surface area contributed by atoms with E-state index in [-0.39, 0.29) is 17.2 Å². The fourth-order valence-corrected chi connectivity index (χ4v) is 9.96. The van der Waals surface area contributed by atoms with E-state index >= 15 is 0 Å². The predicted molar refractivity (Wildman–Crippen MR) is 127 cm³/mol. The van der Waals surface area contributed by atoms with Crippen LogP contribution in [0.15, 0.2) is 60.7 Å². The highest BCUT2D eigenvalue weighted by Gasteiger charge is 2.52. The molecule has 0 unspecified atom stereocenters. The number of hydrogen-bond donors (Lipinski definition) is 2. The van der Waals surface area contributed by atoms with E-state index in [1.165, 1.54) is 12.8 Å². The summed E-state index contributed by atoms with van der Waals surface area (Å²) < 4.78 is 0. The maximum atomic E-state index is 12.5. The zero-order valence-electron chi connectivity index (χ0n) is 18.5. The maximum absolute atomic E-state index is 12.5. The summed E-state index contributed by atoms with van der Waals surface area (Å²) in [6.45, 7) is 6.75. The van der Waals surface area contributed by atoms with Gasteiger partial charge in [0, 0.05) is 6.04 Å². The first-order valence-electron chi connectivity index (χ1n) is 11.7. The molecule has 2 aromatic rings. The van der Waals surface area contributed by atoms with Crippen LogP contribution in [0, 0.1) is 5.92 Å². The molecule has 2 N–H and O–H groups in total. The Hall–Kier alpha value is -1.46. The van der Waals surface area contributed by atoms with Crippen molar-refractivity contribution in [1.82, 2.24) is 4.90 Å². The van der Waals surface area contributed by atoms with Gasteiger partial charge in [-0.05, 0) is 66.5 Å². The lowest BCUT2D eigenvalue weighted by atomic mass is 9.77. The van der Waals surface area contributed by atoms with Crippen molar-refractivity contribution in [1.29, 1.82) is 0 Å². The van der Waals surface area contributed by atoms with Gasteiger partial charge in [0.25, 0.3) is 8.32 Å². The number of benzene rings is 2. The highest BCUT2D eigenvalue weighted by Crippen LogP contribution is 2.46. The molecule has 0 bridgehead atoms. The van der Waals surface area contributed by atoms with Crippen molar-refractivity contribution < 1.29 is 9.90 Å². The minimum Gasteiger partial charge on any atom is -0.424 e. The monoisotopic (exact) mass is 423 g/mol. The maximum Gasteiger partial charge on any atom is 0.258 e. The Morgan fingerprint density at radius 3 is 1.93 bits per heavy atom. The number of aliphatic hydroxyl groups is 1. The van der Waals surface area contributed by atoms with E-state index in [0.29, 0.717) is 5.92 Å². The van der Waals surface area contributed by atoms with E-state index in [9.17, 15) is 9.90 Å². The third-order valence-corrected chi connectivity index (χ3v) is 12.2. The van der Waals surface area contributed by atoms with Crippen LogP contribution in [-0.2, 0) is 0 Å². The molecule has 1 saturated heterocycles. The number of aliphatic hydroxyl groups excluding tert-OH is 1. The second kappa shape index (κ2) is 8.95. The lowest BCUT2D eigenvalue weighted by molar-refractivity contribution is -0.00909. The van der Waals surface area contributed by atoms with Crippen molar-refractivity contribution in [3.63, 3.8) is 0 Å². The third-order valence-electron chi connectivity index (χ3n) is 7.65. The molecule has 1 aliphatic heterocycles. The van der Waals surface area contributed by atoms with Crippen LogP contribution < -0.4 is 10.4 Å². The quantitative estimate of drug-likeness (QED) is 0.699. The van der Waals surface area contributed by atoms with Crippen LogP contribution in [0.25, 0.3) is 0 Å². The van der Waals surface area contributed by atoms with Gasteiger partial charge >= 0.3 is 0 Å². The summed E-state index contributed by atoms with van der Waals surface area (Å²) in [6, 6.07) is 20.9. The van der Waals surface area contributed by atoms with Gasteiger partial charge in [-0.25, -0.2) is 0 Å². The van der Waals surface area contributed by atoms with Gasteiger partial charge in [0.15, 0.2) is 0 Å². The van der Waals surface area contributed by atoms with Gasteiger partial charge in [0.2, 0.25) is 0 Å². The van der Waals surface area contributed by atoms with Crippen LogP contribution in [-0.4, -0.2) is 48.4 Å². The van der Waals surface area contributed by atoms with Gasteiger partial charge < -0.3 is 9.90 Å². The van der Waals surface area contributed by atoms with Gasteiger partial charge in [0.05, 0.1) is 6.10 Å². The molecule has 3 nitrogen and oxygen atoms in total. The molecule has 2 aromatic carbocycles. The zero-order valence-corrected chi connectivity index (χ0v) is 19.5. The van der Waals surface area contributed by atoms with Gasteiger partial charge in [-0.1, -0.05) is 80.9 Å². The summed E-state index contributed by atoms with van der Waals surface area (Å²) in [5.41, 5.74) is 0. The molecule has 1 heterocycles. The lowest BCUT2D eigenvalue weighted by Gasteiger charge is -2.48. The van der Waals surface area contributed by atoms with E-state index in [0.717, 1.165) is 49.1 Å². The topological polar surface area (TPSA) is 43.7 Å². The van der Waals surface area contributed by atoms with Crippen LogP contribution in [0.5, 0.6) is 0 Å². The summed E-state index contributed by atoms with van der Waals surface area (Å²) in [5, 5.41) is 12.8. The molecule has 1 aliphatic carbocycles. The van der Waals surface area contributed by atoms with Crippen molar-refractivity contribution >= 4 is 18.7 Å². The number of rotatable bonds is 6. The first kappa shape index (κ1) is 21.8. The Kier molecular flexibility index (Phi) is 6.49. The second-order valence-corrected chi connectivity index (χ2v) is 14.0. The zero-order chi connectivity index (χ0) is 21.2. The van der Waals surface area contributed by atoms with Crippen molar-refractivity contribution in [2.45, 2.75) is 69.6 Å². The van der Waals surface area contributed by atoms with E-state index < -0.39 is 8.32 Å². The summed E-state index contributed by atoms with van der Waals surface area (Å²) in [4.78, 5) is 15.0. The number of nitrogens with zero attached hydrogens (tertiary/aromatic N) is 1. The molecule has 4 heteroatoms. The molecule has 0 spiro atoms. The van der Waals surface area contributed by atoms with Crippen LogP contribution in [0.1, 0.15) is 52.4 Å². The van der Waals surface area contributed by atoms with Crippen LogP contribution in [0.3, 0.4) is 0 Å². The normalized spacial score (nSPS) is 26.1. The Balaban J connectivity index is 1.69. The Bertz CT molecular complexity index is 765. The standard InChI is InChI=1S/C26H37NO2Si/c1-26(2,20-21-12-11-17-24(28)25(21)27-18-9-10-19-27)30(29,22-13-5-3-6-14-22)23-15-7-4-8-16-23/h3-8,13-16,21,24-25,28-29H,9-12,17-20H2,1-2H3/t21-,24+,25+/m0/s1. The van der Waals surface area contributed by atoms with Gasteiger partial charge in [-0.3, -0.25) is 4.90 Å². The highest BCUT2D eigenvalue weighted by molar-refractivity contribution is 6.98. The minimum absolute atomic E-state index is 0.235. The number of likely N-dealkylation sites (tertiary alicyclic amines) is 1. The summed E-state index contributed by atoms with van der Waals surface area (Å²) in [5.74, 6) is 0.424. The predicted octanol–water partition coefficient (Wildman–Crippen LogP) is 3.53. The van der Waals surface area contributed by atoms with Crippen molar-refractivity contribution in [3.05, 3.63) is 60.7 Å². The molecule has 1 saturated carbocycles. The van der Waals surface area contributed by atoms with Crippen molar-refractivity contribution in [3.8, 4) is 0 Å². The molecule has 0 radical (unpaired) electrons. The van der Waals surface area contributed by atoms with E-state index in [1.54, 1.807) is 0 Å². The average molecular weight is 424 g/mol. The Morgan fingerprint density at radius 1 is 0.867 bits per heavy atom. The van der Waals surface area contributed by atoms with Crippen molar-refractivity contribution in [2.24, 2.45) is 5.92 Å². The lowest BCUT2D eigenvalue weighted by Crippen LogP contribution is -2.66. The van der Waals surface area contributed by atoms with Gasteiger partial charge in [0.1, 0.15) is 0 Å². The average Bonchev–Trinajstić information content (AvgIpc) is 3.28. The molecule has 2 aliphatic rings. The Labute approximate surface area is 182 Å². The van der Waals surface area contributed by atoms with Gasteiger partial charge in [-0.15, -0.1) is 0 Å². The highest BCUT2D eigenvalue weighted by atomic mass is 28.4. The largest absolute Gasteiger partial charge is 0.424 e. The van der Waals surface area contributed by atoms with E-state index in [2.05, 4.69) is 43.0 Å².